The summed E-state index contributed by atoms with van der Waals surface area (Å²) in [5, 5.41) is 1.06. The lowest BCUT2D eigenvalue weighted by molar-refractivity contribution is 0.0662. The number of nitrogens with one attached hydrogen (secondary N) is 1. The quantitative estimate of drug-likeness (QED) is 0.857. The van der Waals surface area contributed by atoms with E-state index in [0.29, 0.717) is 12.2 Å². The van der Waals surface area contributed by atoms with Gasteiger partial charge in [0.15, 0.2) is 0 Å². The summed E-state index contributed by atoms with van der Waals surface area (Å²) in [6.07, 6.45) is 11.2. The van der Waals surface area contributed by atoms with Gasteiger partial charge in [0, 0.05) is 16.9 Å². The van der Waals surface area contributed by atoms with Gasteiger partial charge in [-0.15, -0.1) is 6.42 Å². The van der Waals surface area contributed by atoms with Crippen molar-refractivity contribution in [2.75, 3.05) is 6.54 Å². The van der Waals surface area contributed by atoms with Crippen molar-refractivity contribution in [3.05, 3.63) is 36.0 Å². The van der Waals surface area contributed by atoms with Gasteiger partial charge in [0.25, 0.3) is 5.91 Å². The Morgan fingerprint density at radius 1 is 1.29 bits per heavy atom. The van der Waals surface area contributed by atoms with Crippen LogP contribution in [0, 0.1) is 12.3 Å². The van der Waals surface area contributed by atoms with E-state index in [9.17, 15) is 4.79 Å². The van der Waals surface area contributed by atoms with E-state index in [2.05, 4.69) is 10.9 Å². The van der Waals surface area contributed by atoms with Crippen LogP contribution in [0.15, 0.2) is 30.3 Å². The second-order valence-corrected chi connectivity index (χ2v) is 5.70. The van der Waals surface area contributed by atoms with Crippen molar-refractivity contribution in [1.29, 1.82) is 0 Å². The Morgan fingerprint density at radius 2 is 2.05 bits per heavy atom. The largest absolute Gasteiger partial charge is 0.351 e. The summed E-state index contributed by atoms with van der Waals surface area (Å²) in [6.45, 7) is 0.388. The third-order valence-corrected chi connectivity index (χ3v) is 4.30. The Balaban J connectivity index is 1.87. The number of hydrogen-bond acceptors (Lipinski definition) is 1. The number of nitrogens with zero attached hydrogens (tertiary/aromatic N) is 1. The lowest BCUT2D eigenvalue weighted by atomic mass is 9.94. The average Bonchev–Trinajstić information content (AvgIpc) is 2.97. The number of H-pyrrole nitrogens is 1. The molecule has 1 heterocycles. The Labute approximate surface area is 125 Å². The van der Waals surface area contributed by atoms with E-state index in [1.807, 2.05) is 35.2 Å². The van der Waals surface area contributed by atoms with E-state index in [4.69, 9.17) is 6.42 Å². The van der Waals surface area contributed by atoms with Crippen molar-refractivity contribution in [1.82, 2.24) is 9.88 Å². The first-order valence-corrected chi connectivity index (χ1v) is 7.62. The number of rotatable bonds is 3. The number of para-hydroxylation sites is 1. The summed E-state index contributed by atoms with van der Waals surface area (Å²) in [6, 6.07) is 10.1. The Bertz CT molecular complexity index is 641. The van der Waals surface area contributed by atoms with E-state index in [0.717, 1.165) is 23.7 Å². The van der Waals surface area contributed by atoms with Gasteiger partial charge in [0.05, 0.1) is 6.54 Å². The summed E-state index contributed by atoms with van der Waals surface area (Å²) in [4.78, 5) is 17.9. The van der Waals surface area contributed by atoms with Gasteiger partial charge in [-0.25, -0.2) is 0 Å². The molecule has 0 unspecified atom stereocenters. The van der Waals surface area contributed by atoms with Crippen molar-refractivity contribution >= 4 is 16.8 Å². The SMILES string of the molecule is C#CCN(C(=O)c1cc2ccccc2[nH]1)C1CCCCC1. The molecular formula is C18H20N2O. The highest BCUT2D eigenvalue weighted by Gasteiger charge is 2.26. The fourth-order valence-corrected chi connectivity index (χ4v) is 3.20. The number of benzene rings is 1. The number of amides is 1. The summed E-state index contributed by atoms with van der Waals surface area (Å²) in [5.41, 5.74) is 1.63. The highest BCUT2D eigenvalue weighted by atomic mass is 16.2. The Kier molecular flexibility index (Phi) is 3.96. The first kappa shape index (κ1) is 13.8. The second-order valence-electron chi connectivity index (χ2n) is 5.70. The molecule has 0 atom stereocenters. The van der Waals surface area contributed by atoms with Gasteiger partial charge in [-0.3, -0.25) is 4.79 Å². The number of aromatic amines is 1. The molecule has 0 saturated heterocycles. The molecule has 1 N–H and O–H groups in total. The molecule has 1 aromatic heterocycles. The minimum absolute atomic E-state index is 0.0241. The number of aromatic nitrogens is 1. The molecule has 0 bridgehead atoms. The standard InChI is InChI=1S/C18H20N2O/c1-2-12-20(15-9-4-3-5-10-15)18(21)17-13-14-8-6-7-11-16(14)19-17/h1,6-8,11,13,15,19H,3-5,9-10,12H2. The van der Waals surface area contributed by atoms with E-state index in [1.54, 1.807) is 0 Å². The van der Waals surface area contributed by atoms with Gasteiger partial charge < -0.3 is 9.88 Å². The monoisotopic (exact) mass is 280 g/mol. The molecule has 3 heteroatoms. The molecule has 3 nitrogen and oxygen atoms in total. The van der Waals surface area contributed by atoms with Crippen LogP contribution in [-0.2, 0) is 0 Å². The molecule has 0 aliphatic heterocycles. The molecule has 1 fully saturated rings. The first-order valence-electron chi connectivity index (χ1n) is 7.62. The van der Waals surface area contributed by atoms with Crippen LogP contribution in [0.1, 0.15) is 42.6 Å². The highest BCUT2D eigenvalue weighted by molar-refractivity contribution is 5.98. The summed E-state index contributed by atoms with van der Waals surface area (Å²) in [5.74, 6) is 2.66. The normalized spacial score (nSPS) is 15.8. The van der Waals surface area contributed by atoms with E-state index < -0.39 is 0 Å². The molecule has 3 rings (SSSR count). The van der Waals surface area contributed by atoms with Gasteiger partial charge in [0.2, 0.25) is 0 Å². The van der Waals surface area contributed by atoms with E-state index >= 15 is 0 Å². The van der Waals surface area contributed by atoms with Crippen LogP contribution < -0.4 is 0 Å². The van der Waals surface area contributed by atoms with Crippen molar-refractivity contribution in [2.24, 2.45) is 0 Å². The lowest BCUT2D eigenvalue weighted by Crippen LogP contribution is -2.41. The zero-order valence-electron chi connectivity index (χ0n) is 12.1. The zero-order valence-corrected chi connectivity index (χ0v) is 12.1. The van der Waals surface area contributed by atoms with Crippen LogP contribution >= 0.6 is 0 Å². The van der Waals surface area contributed by atoms with Gasteiger partial charge in [0.1, 0.15) is 5.69 Å². The molecule has 1 saturated carbocycles. The maximum atomic E-state index is 12.8. The van der Waals surface area contributed by atoms with Crippen LogP contribution in [0.25, 0.3) is 10.9 Å². The molecule has 0 radical (unpaired) electrons. The van der Waals surface area contributed by atoms with E-state index in [1.165, 1.54) is 19.3 Å². The minimum atomic E-state index is 0.0241. The summed E-state index contributed by atoms with van der Waals surface area (Å²) < 4.78 is 0. The maximum Gasteiger partial charge on any atom is 0.271 e. The predicted octanol–water partition coefficient (Wildman–Crippen LogP) is 3.58. The molecule has 1 aromatic carbocycles. The molecule has 2 aromatic rings. The Hall–Kier alpha value is -2.21. The lowest BCUT2D eigenvalue weighted by Gasteiger charge is -2.32. The van der Waals surface area contributed by atoms with Crippen molar-refractivity contribution in [3.8, 4) is 12.3 Å². The maximum absolute atomic E-state index is 12.8. The Morgan fingerprint density at radius 3 is 2.76 bits per heavy atom. The number of carbonyl (C=O) groups is 1. The fraction of sp³-hybridized carbons (Fsp3) is 0.389. The molecule has 21 heavy (non-hydrogen) atoms. The second kappa shape index (κ2) is 6.05. The number of terminal acetylenes is 1. The van der Waals surface area contributed by atoms with Crippen molar-refractivity contribution in [3.63, 3.8) is 0 Å². The van der Waals surface area contributed by atoms with Crippen LogP contribution in [0.3, 0.4) is 0 Å². The fourth-order valence-electron chi connectivity index (χ4n) is 3.20. The van der Waals surface area contributed by atoms with Crippen molar-refractivity contribution < 1.29 is 4.79 Å². The number of carbonyl (C=O) groups excluding carboxylic acids is 1. The molecule has 0 spiro atoms. The minimum Gasteiger partial charge on any atom is -0.351 e. The highest BCUT2D eigenvalue weighted by Crippen LogP contribution is 2.24. The third-order valence-electron chi connectivity index (χ3n) is 4.30. The molecule has 1 aliphatic carbocycles. The molecule has 1 aliphatic rings. The van der Waals surface area contributed by atoms with E-state index in [-0.39, 0.29) is 11.9 Å². The van der Waals surface area contributed by atoms with Gasteiger partial charge in [-0.05, 0) is 25.0 Å². The molecule has 108 valence electrons. The third kappa shape index (κ3) is 2.80. The van der Waals surface area contributed by atoms with Gasteiger partial charge in [-0.1, -0.05) is 43.4 Å². The zero-order chi connectivity index (χ0) is 14.7. The first-order chi connectivity index (χ1) is 10.3. The topological polar surface area (TPSA) is 36.1 Å². The van der Waals surface area contributed by atoms with Crippen LogP contribution in [0.5, 0.6) is 0 Å². The smallest absolute Gasteiger partial charge is 0.271 e. The summed E-state index contributed by atoms with van der Waals surface area (Å²) in [7, 11) is 0. The average molecular weight is 280 g/mol. The van der Waals surface area contributed by atoms with Crippen LogP contribution in [0.4, 0.5) is 0 Å². The number of fused-ring (bicyclic) bond motifs is 1. The van der Waals surface area contributed by atoms with Crippen LogP contribution in [0.2, 0.25) is 0 Å². The summed E-state index contributed by atoms with van der Waals surface area (Å²) >= 11 is 0. The van der Waals surface area contributed by atoms with Gasteiger partial charge >= 0.3 is 0 Å². The van der Waals surface area contributed by atoms with Gasteiger partial charge in [-0.2, -0.15) is 0 Å². The van der Waals surface area contributed by atoms with Crippen molar-refractivity contribution in [2.45, 2.75) is 38.1 Å². The predicted molar refractivity (Wildman–Crippen MR) is 85.0 cm³/mol. The molecule has 1 amide bonds. The number of hydrogen-bond donors (Lipinski definition) is 1. The van der Waals surface area contributed by atoms with Crippen LogP contribution in [-0.4, -0.2) is 28.4 Å². The molecular weight excluding hydrogens is 260 g/mol.